The van der Waals surface area contributed by atoms with Gasteiger partial charge < -0.3 is 29.8 Å². The standard InChI is InChI=1S/C34H46ClN5O5/c1-23-6-7-28(16-29(23)35)40(31(44)27-9-14-38(15-10-27)26(4)43)13-5-12-37-17-33(21-41)19-39(20-34(33,18-37)22-42)32(45)30-24(2)8-11-36-25(30)3/h6-8,11,16,27,41-42H,5,9-10,12-15,17-22H2,1-4H3. The van der Waals surface area contributed by atoms with Gasteiger partial charge in [-0.25, -0.2) is 0 Å². The number of aromatic nitrogens is 1. The number of carbonyl (C=O) groups excluding carboxylic acids is 3. The van der Waals surface area contributed by atoms with Crippen molar-refractivity contribution < 1.29 is 24.6 Å². The molecular formula is C34H46ClN5O5. The van der Waals surface area contributed by atoms with E-state index in [0.29, 0.717) is 87.9 Å². The number of likely N-dealkylation sites (tertiary alicyclic amines) is 3. The summed E-state index contributed by atoms with van der Waals surface area (Å²) in [6.45, 7) is 11.1. The molecule has 0 spiro atoms. The average molecular weight is 640 g/mol. The van der Waals surface area contributed by atoms with E-state index in [4.69, 9.17) is 11.6 Å². The van der Waals surface area contributed by atoms with Crippen LogP contribution in [-0.4, -0.2) is 113 Å². The Morgan fingerprint density at radius 1 is 0.956 bits per heavy atom. The van der Waals surface area contributed by atoms with Crippen LogP contribution in [0.25, 0.3) is 0 Å². The van der Waals surface area contributed by atoms with Crippen LogP contribution in [0.1, 0.15) is 53.4 Å². The van der Waals surface area contributed by atoms with Crippen LogP contribution in [0.3, 0.4) is 0 Å². The van der Waals surface area contributed by atoms with Gasteiger partial charge in [0.1, 0.15) is 0 Å². The maximum Gasteiger partial charge on any atom is 0.256 e. The van der Waals surface area contributed by atoms with Crippen LogP contribution >= 0.6 is 11.6 Å². The number of hydrogen-bond donors (Lipinski definition) is 2. The Hall–Kier alpha value is -3.05. The molecule has 4 heterocycles. The number of halogens is 1. The number of aryl methyl sites for hydroxylation is 3. The molecule has 2 atom stereocenters. The molecule has 2 aromatic rings. The van der Waals surface area contributed by atoms with Crippen molar-refractivity contribution in [2.45, 2.75) is 47.0 Å². The fraction of sp³-hybridized carbons (Fsp3) is 0.588. The molecule has 3 aliphatic heterocycles. The smallest absolute Gasteiger partial charge is 0.256 e. The molecule has 5 rings (SSSR count). The lowest BCUT2D eigenvalue weighted by Gasteiger charge is -2.34. The number of fused-ring (bicyclic) bond motifs is 1. The summed E-state index contributed by atoms with van der Waals surface area (Å²) in [5.74, 6) is -0.197. The number of hydrogen-bond acceptors (Lipinski definition) is 7. The van der Waals surface area contributed by atoms with Crippen molar-refractivity contribution in [3.63, 3.8) is 0 Å². The Kier molecular flexibility index (Phi) is 9.89. The minimum absolute atomic E-state index is 0.0366. The molecule has 0 bridgehead atoms. The fourth-order valence-electron chi connectivity index (χ4n) is 7.71. The number of amides is 3. The first-order valence-corrected chi connectivity index (χ1v) is 16.3. The van der Waals surface area contributed by atoms with Crippen LogP contribution in [0.2, 0.25) is 5.02 Å². The minimum Gasteiger partial charge on any atom is -0.396 e. The Labute approximate surface area is 270 Å². The average Bonchev–Trinajstić information content (AvgIpc) is 3.50. The van der Waals surface area contributed by atoms with Crippen LogP contribution < -0.4 is 4.90 Å². The molecule has 0 saturated carbocycles. The van der Waals surface area contributed by atoms with E-state index < -0.39 is 10.8 Å². The van der Waals surface area contributed by atoms with Crippen LogP contribution in [0, 0.1) is 37.5 Å². The Morgan fingerprint density at radius 3 is 2.16 bits per heavy atom. The van der Waals surface area contributed by atoms with Gasteiger partial charge in [-0.15, -0.1) is 0 Å². The molecule has 0 radical (unpaired) electrons. The lowest BCUT2D eigenvalue weighted by atomic mass is 9.69. The number of aliphatic hydroxyl groups is 2. The summed E-state index contributed by atoms with van der Waals surface area (Å²) in [4.78, 5) is 51.3. The van der Waals surface area contributed by atoms with Gasteiger partial charge in [0, 0.05) is 86.4 Å². The number of pyridine rings is 1. The summed E-state index contributed by atoms with van der Waals surface area (Å²) in [6.07, 6.45) is 3.64. The zero-order valence-electron chi connectivity index (χ0n) is 26.9. The molecule has 3 amide bonds. The highest BCUT2D eigenvalue weighted by molar-refractivity contribution is 6.31. The largest absolute Gasteiger partial charge is 0.396 e. The second-order valence-corrected chi connectivity index (χ2v) is 13.8. The number of aliphatic hydroxyl groups excluding tert-OH is 2. The maximum absolute atomic E-state index is 13.9. The van der Waals surface area contributed by atoms with Crippen molar-refractivity contribution in [3.05, 3.63) is 57.9 Å². The monoisotopic (exact) mass is 639 g/mol. The number of nitrogens with zero attached hydrogens (tertiary/aromatic N) is 5. The second-order valence-electron chi connectivity index (χ2n) is 13.4. The molecule has 1 aromatic carbocycles. The third kappa shape index (κ3) is 6.35. The zero-order valence-corrected chi connectivity index (χ0v) is 27.6. The van der Waals surface area contributed by atoms with E-state index in [1.165, 1.54) is 0 Å². The van der Waals surface area contributed by atoms with Crippen LogP contribution in [0.5, 0.6) is 0 Å². The van der Waals surface area contributed by atoms with E-state index in [9.17, 15) is 24.6 Å². The number of carbonyl (C=O) groups is 3. The van der Waals surface area contributed by atoms with E-state index in [-0.39, 0.29) is 36.9 Å². The third-order valence-electron chi connectivity index (χ3n) is 10.5. The van der Waals surface area contributed by atoms with Gasteiger partial charge in [-0.05, 0) is 75.9 Å². The van der Waals surface area contributed by atoms with Gasteiger partial charge in [-0.2, -0.15) is 0 Å². The van der Waals surface area contributed by atoms with E-state index in [1.807, 2.05) is 49.9 Å². The molecule has 1 aromatic heterocycles. The highest BCUT2D eigenvalue weighted by Crippen LogP contribution is 2.52. The van der Waals surface area contributed by atoms with Crippen molar-refractivity contribution >= 4 is 35.0 Å². The molecule has 3 fully saturated rings. The first-order chi connectivity index (χ1) is 21.4. The SMILES string of the molecule is CC(=O)N1CCC(C(=O)N(CCCN2CC3(CO)CN(C(=O)c4c(C)ccnc4C)CC3(CO)C2)c2ccc(C)c(Cl)c2)CC1. The van der Waals surface area contributed by atoms with Gasteiger partial charge in [-0.3, -0.25) is 19.4 Å². The third-order valence-corrected chi connectivity index (χ3v) is 10.9. The molecule has 2 unspecified atom stereocenters. The van der Waals surface area contributed by atoms with Crippen molar-refractivity contribution in [2.24, 2.45) is 16.7 Å². The van der Waals surface area contributed by atoms with Gasteiger partial charge in [0.05, 0.1) is 24.5 Å². The summed E-state index contributed by atoms with van der Waals surface area (Å²) >= 11 is 6.48. The van der Waals surface area contributed by atoms with Gasteiger partial charge in [0.2, 0.25) is 11.8 Å². The molecule has 3 aliphatic rings. The van der Waals surface area contributed by atoms with Gasteiger partial charge in [0.25, 0.3) is 5.91 Å². The molecule has 10 nitrogen and oxygen atoms in total. The topological polar surface area (TPSA) is 118 Å². The molecule has 45 heavy (non-hydrogen) atoms. The minimum atomic E-state index is -0.647. The maximum atomic E-state index is 13.9. The lowest BCUT2D eigenvalue weighted by Crippen LogP contribution is -2.45. The van der Waals surface area contributed by atoms with Gasteiger partial charge in [-0.1, -0.05) is 17.7 Å². The quantitative estimate of drug-likeness (QED) is 0.433. The normalized spacial score (nSPS) is 23.8. The Balaban J connectivity index is 1.27. The molecule has 2 N–H and O–H groups in total. The lowest BCUT2D eigenvalue weighted by molar-refractivity contribution is -0.133. The van der Waals surface area contributed by atoms with Crippen molar-refractivity contribution in [1.82, 2.24) is 19.7 Å². The Bertz CT molecular complexity index is 1400. The van der Waals surface area contributed by atoms with Gasteiger partial charge in [0.15, 0.2) is 0 Å². The predicted octanol–water partition coefficient (Wildman–Crippen LogP) is 3.07. The summed E-state index contributed by atoms with van der Waals surface area (Å²) in [7, 11) is 0. The van der Waals surface area contributed by atoms with E-state index in [0.717, 1.165) is 16.8 Å². The van der Waals surface area contributed by atoms with Crippen molar-refractivity contribution in [2.75, 3.05) is 70.5 Å². The Morgan fingerprint density at radius 2 is 1.60 bits per heavy atom. The fourth-order valence-corrected chi connectivity index (χ4v) is 7.89. The summed E-state index contributed by atoms with van der Waals surface area (Å²) in [5, 5.41) is 22.1. The first kappa shape index (κ1) is 33.3. The molecule has 11 heteroatoms. The van der Waals surface area contributed by atoms with Gasteiger partial charge >= 0.3 is 0 Å². The second kappa shape index (κ2) is 13.4. The highest BCUT2D eigenvalue weighted by Gasteiger charge is 2.63. The van der Waals surface area contributed by atoms with E-state index in [2.05, 4.69) is 9.88 Å². The molecule has 0 aliphatic carbocycles. The number of anilines is 1. The summed E-state index contributed by atoms with van der Waals surface area (Å²) < 4.78 is 0. The zero-order chi connectivity index (χ0) is 32.5. The molecule has 3 saturated heterocycles. The summed E-state index contributed by atoms with van der Waals surface area (Å²) in [6, 6.07) is 7.53. The van der Waals surface area contributed by atoms with E-state index >= 15 is 0 Å². The number of piperidine rings is 1. The van der Waals surface area contributed by atoms with Crippen LogP contribution in [0.15, 0.2) is 30.5 Å². The first-order valence-electron chi connectivity index (χ1n) is 15.9. The highest BCUT2D eigenvalue weighted by atomic mass is 35.5. The number of benzene rings is 1. The number of rotatable bonds is 9. The molecule has 244 valence electrons. The van der Waals surface area contributed by atoms with E-state index in [1.54, 1.807) is 22.9 Å². The predicted molar refractivity (Wildman–Crippen MR) is 173 cm³/mol. The van der Waals surface area contributed by atoms with Crippen molar-refractivity contribution in [1.29, 1.82) is 0 Å². The summed E-state index contributed by atoms with van der Waals surface area (Å²) in [5.41, 5.74) is 2.53. The van der Waals surface area contributed by atoms with Crippen LogP contribution in [-0.2, 0) is 9.59 Å². The molecular weight excluding hydrogens is 594 g/mol. The van der Waals surface area contributed by atoms with Crippen molar-refractivity contribution in [3.8, 4) is 0 Å². The van der Waals surface area contributed by atoms with Crippen LogP contribution in [0.4, 0.5) is 5.69 Å².